The van der Waals surface area contributed by atoms with E-state index in [9.17, 15) is 4.79 Å². The maximum Gasteiger partial charge on any atom is 0.235 e. The van der Waals surface area contributed by atoms with Crippen LogP contribution in [0.25, 0.3) is 10.8 Å². The molecule has 2 fully saturated rings. The second-order valence-electron chi connectivity index (χ2n) is 9.80. The summed E-state index contributed by atoms with van der Waals surface area (Å²) in [5.74, 6) is 8.06. The van der Waals surface area contributed by atoms with Crippen LogP contribution >= 0.6 is 11.8 Å². The van der Waals surface area contributed by atoms with Crippen molar-refractivity contribution in [2.75, 3.05) is 17.7 Å². The summed E-state index contributed by atoms with van der Waals surface area (Å²) in [6, 6.07) is 16.1. The van der Waals surface area contributed by atoms with E-state index in [1.807, 2.05) is 54.4 Å². The normalized spacial score (nSPS) is 16.6. The van der Waals surface area contributed by atoms with Gasteiger partial charge < -0.3 is 15.4 Å². The van der Waals surface area contributed by atoms with Crippen LogP contribution in [-0.2, 0) is 10.2 Å². The molecule has 2 N–H and O–H groups in total. The molecule has 3 heterocycles. The third-order valence-corrected chi connectivity index (χ3v) is 8.53. The molecule has 2 saturated carbocycles. The fourth-order valence-corrected chi connectivity index (χ4v) is 5.94. The lowest BCUT2D eigenvalue weighted by atomic mass is 9.97. The SMILES string of the molecule is COc1cc(SC2CC2)ccc1Nc1cc2c(C#Cc3ccc4c(c3)NC(=O)C43CC3)nccc2cn1. The highest BCUT2D eigenvalue weighted by Gasteiger charge is 2.56. The molecule has 3 aliphatic rings. The smallest absolute Gasteiger partial charge is 0.235 e. The van der Waals surface area contributed by atoms with E-state index in [-0.39, 0.29) is 11.3 Å². The number of thioether (sulfide) groups is 1. The summed E-state index contributed by atoms with van der Waals surface area (Å²) in [7, 11) is 1.69. The van der Waals surface area contributed by atoms with Crippen LogP contribution in [0.5, 0.6) is 5.75 Å². The Bertz CT molecular complexity index is 1650. The highest BCUT2D eigenvalue weighted by molar-refractivity contribution is 8.00. The molecule has 2 aromatic carbocycles. The molecule has 1 amide bonds. The van der Waals surface area contributed by atoms with Crippen molar-refractivity contribution in [3.63, 3.8) is 0 Å². The van der Waals surface area contributed by atoms with Crippen LogP contribution in [0.1, 0.15) is 42.5 Å². The molecule has 182 valence electrons. The molecule has 7 heteroatoms. The number of carbonyl (C=O) groups excluding carboxylic acids is 1. The van der Waals surface area contributed by atoms with Crippen molar-refractivity contribution < 1.29 is 9.53 Å². The molecule has 0 saturated heterocycles. The van der Waals surface area contributed by atoms with E-state index in [1.165, 1.54) is 17.7 Å². The van der Waals surface area contributed by atoms with Crippen LogP contribution < -0.4 is 15.4 Å². The minimum atomic E-state index is -0.284. The van der Waals surface area contributed by atoms with Gasteiger partial charge in [-0.25, -0.2) is 9.97 Å². The molecule has 0 bridgehead atoms. The Kier molecular flexibility index (Phi) is 5.12. The largest absolute Gasteiger partial charge is 0.495 e. The van der Waals surface area contributed by atoms with Gasteiger partial charge in [0.25, 0.3) is 0 Å². The second-order valence-corrected chi connectivity index (χ2v) is 11.2. The molecule has 0 radical (unpaired) electrons. The molecule has 4 aromatic rings. The third-order valence-electron chi connectivity index (χ3n) is 7.20. The van der Waals surface area contributed by atoms with Gasteiger partial charge in [0.1, 0.15) is 17.3 Å². The molecule has 2 aromatic heterocycles. The molecular weight excluding hydrogens is 480 g/mol. The summed E-state index contributed by atoms with van der Waals surface area (Å²) in [5, 5.41) is 9.04. The number of nitrogens with zero attached hydrogens (tertiary/aromatic N) is 2. The lowest BCUT2D eigenvalue weighted by molar-refractivity contribution is -0.117. The van der Waals surface area contributed by atoms with Gasteiger partial charge in [-0.15, -0.1) is 11.8 Å². The van der Waals surface area contributed by atoms with Crippen molar-refractivity contribution >= 4 is 45.6 Å². The summed E-state index contributed by atoms with van der Waals surface area (Å²) in [5.41, 5.74) is 4.08. The predicted molar refractivity (Wildman–Crippen MR) is 147 cm³/mol. The van der Waals surface area contributed by atoms with Gasteiger partial charge in [-0.05, 0) is 79.6 Å². The minimum absolute atomic E-state index is 0.115. The molecule has 0 unspecified atom stereocenters. The van der Waals surface area contributed by atoms with Crippen molar-refractivity contribution in [3.8, 4) is 17.6 Å². The number of nitrogens with one attached hydrogen (secondary N) is 2. The van der Waals surface area contributed by atoms with Crippen molar-refractivity contribution in [1.82, 2.24) is 9.97 Å². The highest BCUT2D eigenvalue weighted by Crippen LogP contribution is 2.55. The second kappa shape index (κ2) is 8.53. The number of hydrogen-bond acceptors (Lipinski definition) is 6. The van der Waals surface area contributed by atoms with Gasteiger partial charge in [0, 0.05) is 44.6 Å². The molecule has 2 aliphatic carbocycles. The summed E-state index contributed by atoms with van der Waals surface area (Å²) >= 11 is 1.90. The number of benzene rings is 2. The Morgan fingerprint density at radius 3 is 2.78 bits per heavy atom. The molecule has 6 nitrogen and oxygen atoms in total. The summed E-state index contributed by atoms with van der Waals surface area (Å²) in [6.45, 7) is 0. The van der Waals surface area contributed by atoms with Crippen LogP contribution in [0.2, 0.25) is 0 Å². The Morgan fingerprint density at radius 1 is 1.08 bits per heavy atom. The first-order valence-corrected chi connectivity index (χ1v) is 13.3. The van der Waals surface area contributed by atoms with Crippen LogP contribution in [0.3, 0.4) is 0 Å². The Labute approximate surface area is 219 Å². The van der Waals surface area contributed by atoms with E-state index in [0.717, 1.165) is 57.1 Å². The number of methoxy groups -OCH3 is 1. The van der Waals surface area contributed by atoms with E-state index >= 15 is 0 Å². The lowest BCUT2D eigenvalue weighted by Crippen LogP contribution is -2.18. The fourth-order valence-electron chi connectivity index (χ4n) is 4.86. The van der Waals surface area contributed by atoms with Gasteiger partial charge in [0.2, 0.25) is 5.91 Å². The number of aromatic nitrogens is 2. The summed E-state index contributed by atoms with van der Waals surface area (Å²) < 4.78 is 5.65. The molecule has 1 spiro atoms. The Morgan fingerprint density at radius 2 is 1.97 bits per heavy atom. The topological polar surface area (TPSA) is 76.1 Å². The molecule has 0 atom stereocenters. The zero-order valence-electron chi connectivity index (χ0n) is 20.3. The van der Waals surface area contributed by atoms with Crippen LogP contribution in [0.4, 0.5) is 17.2 Å². The van der Waals surface area contributed by atoms with Gasteiger partial charge in [0.15, 0.2) is 0 Å². The van der Waals surface area contributed by atoms with E-state index in [2.05, 4.69) is 44.6 Å². The van der Waals surface area contributed by atoms with Crippen molar-refractivity contribution in [1.29, 1.82) is 0 Å². The van der Waals surface area contributed by atoms with Gasteiger partial charge in [-0.2, -0.15) is 0 Å². The monoisotopic (exact) mass is 504 g/mol. The number of fused-ring (bicyclic) bond motifs is 3. The number of amides is 1. The van der Waals surface area contributed by atoms with Crippen molar-refractivity contribution in [3.05, 3.63) is 77.7 Å². The highest BCUT2D eigenvalue weighted by atomic mass is 32.2. The van der Waals surface area contributed by atoms with Gasteiger partial charge in [-0.3, -0.25) is 4.79 Å². The van der Waals surface area contributed by atoms with Crippen LogP contribution in [0, 0.1) is 11.8 Å². The van der Waals surface area contributed by atoms with Gasteiger partial charge in [-0.1, -0.05) is 12.0 Å². The number of ether oxygens (including phenoxy) is 1. The number of pyridine rings is 2. The Hall–Kier alpha value is -4.02. The first kappa shape index (κ1) is 22.2. The zero-order valence-corrected chi connectivity index (χ0v) is 21.1. The predicted octanol–water partition coefficient (Wildman–Crippen LogP) is 6.02. The van der Waals surface area contributed by atoms with Gasteiger partial charge >= 0.3 is 0 Å². The lowest BCUT2D eigenvalue weighted by Gasteiger charge is -2.13. The average molecular weight is 505 g/mol. The standard InChI is InChI=1S/C30H24N4O2S/c1-36-27-15-21(37-20-4-5-20)6-9-25(27)33-28-16-22-19(17-32-28)10-13-31-24(22)8-3-18-2-7-23-26(14-18)34-29(35)30(23)11-12-30/h2,6-7,9-10,13-17,20H,4-5,11-12H2,1H3,(H,32,33)(H,34,35). The quantitative estimate of drug-likeness (QED) is 0.324. The van der Waals surface area contributed by atoms with E-state index in [4.69, 9.17) is 4.74 Å². The fraction of sp³-hybridized carbons (Fsp3) is 0.233. The first-order valence-electron chi connectivity index (χ1n) is 12.5. The van der Waals surface area contributed by atoms with Gasteiger partial charge in [0.05, 0.1) is 18.2 Å². The molecule has 1 aliphatic heterocycles. The number of anilines is 3. The molecule has 37 heavy (non-hydrogen) atoms. The van der Waals surface area contributed by atoms with Crippen molar-refractivity contribution in [2.24, 2.45) is 0 Å². The van der Waals surface area contributed by atoms with Crippen molar-refractivity contribution in [2.45, 2.75) is 41.2 Å². The maximum absolute atomic E-state index is 12.3. The van der Waals surface area contributed by atoms with Crippen LogP contribution in [0.15, 0.2) is 65.8 Å². The number of hydrogen-bond donors (Lipinski definition) is 2. The maximum atomic E-state index is 12.3. The summed E-state index contributed by atoms with van der Waals surface area (Å²) in [6.07, 6.45) is 8.01. The van der Waals surface area contributed by atoms with E-state index < -0.39 is 0 Å². The zero-order chi connectivity index (χ0) is 25.0. The third kappa shape index (κ3) is 4.08. The average Bonchev–Trinajstić information content (AvgIpc) is 3.84. The number of carbonyl (C=O) groups is 1. The minimum Gasteiger partial charge on any atom is -0.495 e. The molecular formula is C30H24N4O2S. The van der Waals surface area contributed by atoms with E-state index in [1.54, 1.807) is 13.3 Å². The molecule has 7 rings (SSSR count). The Balaban J connectivity index is 1.18. The van der Waals surface area contributed by atoms with Crippen LogP contribution in [-0.4, -0.2) is 28.2 Å². The summed E-state index contributed by atoms with van der Waals surface area (Å²) in [4.78, 5) is 22.7. The first-order chi connectivity index (χ1) is 18.1. The number of rotatable bonds is 5. The van der Waals surface area contributed by atoms with E-state index in [0.29, 0.717) is 11.5 Å².